The van der Waals surface area contributed by atoms with Gasteiger partial charge >= 0.3 is 0 Å². The number of aromatic nitrogens is 1. The number of rotatable bonds is 6. The Labute approximate surface area is 334 Å². The van der Waals surface area contributed by atoms with E-state index in [1.807, 2.05) is 127 Å². The summed E-state index contributed by atoms with van der Waals surface area (Å²) in [5, 5.41) is 11.4. The van der Waals surface area contributed by atoms with Crippen LogP contribution in [0.3, 0.4) is 0 Å². The van der Waals surface area contributed by atoms with Crippen molar-refractivity contribution in [3.8, 4) is 56.3 Å². The molecule has 0 aliphatic carbocycles. The predicted octanol–water partition coefficient (Wildman–Crippen LogP) is 12.7. The third-order valence-electron chi connectivity index (χ3n) is 11.0. The molecular formula is C52H30N4O2. The molecule has 8 aromatic carbocycles. The van der Waals surface area contributed by atoms with Gasteiger partial charge in [0.2, 0.25) is 0 Å². The van der Waals surface area contributed by atoms with E-state index in [1.54, 1.807) is 18.2 Å². The summed E-state index contributed by atoms with van der Waals surface area (Å²) < 4.78 is 2.10. The van der Waals surface area contributed by atoms with E-state index < -0.39 is 5.91 Å². The molecule has 0 saturated heterocycles. The largest absolute Gasteiger partial charge is 0.308 e. The molecule has 0 bridgehead atoms. The molecule has 10 rings (SSSR count). The lowest BCUT2D eigenvalue weighted by Gasteiger charge is -2.20. The summed E-state index contributed by atoms with van der Waals surface area (Å²) in [5.74, 6) is -0.782. The van der Waals surface area contributed by atoms with Crippen molar-refractivity contribution in [1.29, 1.82) is 5.26 Å². The Morgan fingerprint density at radius 2 is 1.00 bits per heavy atom. The first-order valence-electron chi connectivity index (χ1n) is 18.8. The number of fused-ring (bicyclic) bond motifs is 4. The van der Waals surface area contributed by atoms with Crippen LogP contribution in [0.2, 0.25) is 0 Å². The zero-order valence-electron chi connectivity index (χ0n) is 30.9. The average Bonchev–Trinajstić information content (AvgIpc) is 3.75. The highest BCUT2D eigenvalue weighted by atomic mass is 16.2. The number of hydrogen-bond donors (Lipinski definition) is 0. The summed E-state index contributed by atoms with van der Waals surface area (Å²) >= 11 is 0. The summed E-state index contributed by atoms with van der Waals surface area (Å²) in [6.07, 6.45) is 0. The van der Waals surface area contributed by atoms with Crippen LogP contribution < -0.4 is 4.90 Å². The number of imide groups is 1. The number of carbonyl (C=O) groups excluding carboxylic acids is 2. The number of carbonyl (C=O) groups is 2. The van der Waals surface area contributed by atoms with Gasteiger partial charge in [-0.25, -0.2) is 9.74 Å². The van der Waals surface area contributed by atoms with Crippen molar-refractivity contribution in [2.45, 2.75) is 0 Å². The minimum atomic E-state index is -0.399. The van der Waals surface area contributed by atoms with Gasteiger partial charge in [0.1, 0.15) is 0 Å². The molecule has 0 spiro atoms. The van der Waals surface area contributed by atoms with Crippen molar-refractivity contribution in [3.63, 3.8) is 0 Å². The standard InChI is InChI=1S/C52H30N4O2/c1-54-41-24-19-36(20-25-41)40-22-27-43-42-26-21-39(35-17-15-33(32-53)16-18-35)30-48(42)55(49(43)31-40)47-14-8-13-44-50(47)52(58)56(51(44)57)46-28-23-38(34-9-4-2-5-10-34)29-45(46)37-11-6-3-7-12-37/h2-31H. The molecule has 0 N–H and O–H groups in total. The van der Waals surface area contributed by atoms with Gasteiger partial charge in [-0.3, -0.25) is 9.59 Å². The molecule has 0 atom stereocenters. The molecular weight excluding hydrogens is 713 g/mol. The molecule has 6 nitrogen and oxygen atoms in total. The zero-order valence-corrected chi connectivity index (χ0v) is 30.9. The maximum absolute atomic E-state index is 15.1. The highest BCUT2D eigenvalue weighted by Gasteiger charge is 2.40. The topological polar surface area (TPSA) is 70.5 Å². The van der Waals surface area contributed by atoms with Gasteiger partial charge in [-0.15, -0.1) is 0 Å². The van der Waals surface area contributed by atoms with Crippen molar-refractivity contribution in [2.75, 3.05) is 4.90 Å². The van der Waals surface area contributed by atoms with Crippen molar-refractivity contribution < 1.29 is 9.59 Å². The molecule has 2 heterocycles. The molecule has 2 amide bonds. The zero-order chi connectivity index (χ0) is 39.3. The van der Waals surface area contributed by atoms with E-state index in [-0.39, 0.29) is 5.91 Å². The van der Waals surface area contributed by atoms with Crippen LogP contribution >= 0.6 is 0 Å². The number of hydrogen-bond acceptors (Lipinski definition) is 3. The molecule has 0 radical (unpaired) electrons. The van der Waals surface area contributed by atoms with Gasteiger partial charge in [-0.05, 0) is 87.5 Å². The van der Waals surface area contributed by atoms with E-state index in [2.05, 4.69) is 51.9 Å². The molecule has 58 heavy (non-hydrogen) atoms. The minimum Gasteiger partial charge on any atom is -0.308 e. The average molecular weight is 743 g/mol. The van der Waals surface area contributed by atoms with Crippen LogP contribution in [0, 0.1) is 17.9 Å². The molecule has 270 valence electrons. The lowest BCUT2D eigenvalue weighted by molar-refractivity contribution is 0.0926. The van der Waals surface area contributed by atoms with Crippen molar-refractivity contribution >= 4 is 45.0 Å². The summed E-state index contributed by atoms with van der Waals surface area (Å²) in [6, 6.07) is 61.0. The SMILES string of the molecule is [C-]#[N+]c1ccc(-c2ccc3c4ccc(-c5ccc(C#N)cc5)cc4n(-c4cccc5c4C(=O)N(c4ccc(-c6ccccc6)cc4-c4ccccc4)C5=O)c3c2)cc1. The van der Waals surface area contributed by atoms with Crippen molar-refractivity contribution in [3.05, 3.63) is 210 Å². The maximum atomic E-state index is 15.1. The number of nitrogens with zero attached hydrogens (tertiary/aromatic N) is 4. The van der Waals surface area contributed by atoms with E-state index in [4.69, 9.17) is 6.57 Å². The fourth-order valence-corrected chi connectivity index (χ4v) is 8.17. The normalized spacial score (nSPS) is 12.1. The van der Waals surface area contributed by atoms with Crippen LogP contribution in [-0.4, -0.2) is 16.4 Å². The number of anilines is 1. The molecule has 6 heteroatoms. The second kappa shape index (κ2) is 13.8. The molecule has 0 fully saturated rings. The highest BCUT2D eigenvalue weighted by molar-refractivity contribution is 6.36. The monoisotopic (exact) mass is 742 g/mol. The van der Waals surface area contributed by atoms with E-state index in [0.717, 1.165) is 66.3 Å². The Balaban J connectivity index is 1.18. The van der Waals surface area contributed by atoms with Crippen LogP contribution in [0.4, 0.5) is 11.4 Å². The second-order valence-corrected chi connectivity index (χ2v) is 14.3. The predicted molar refractivity (Wildman–Crippen MR) is 231 cm³/mol. The van der Waals surface area contributed by atoms with Crippen LogP contribution in [0.15, 0.2) is 182 Å². The Bertz CT molecular complexity index is 3090. The summed E-state index contributed by atoms with van der Waals surface area (Å²) in [7, 11) is 0. The van der Waals surface area contributed by atoms with Crippen LogP contribution in [0.1, 0.15) is 26.3 Å². The first kappa shape index (κ1) is 34.2. The fraction of sp³-hybridized carbons (Fsp3) is 0. The smallest absolute Gasteiger partial charge is 0.268 e. The van der Waals surface area contributed by atoms with E-state index >= 15 is 4.79 Å². The minimum absolute atomic E-state index is 0.327. The summed E-state index contributed by atoms with van der Waals surface area (Å²) in [4.78, 5) is 34.6. The highest BCUT2D eigenvalue weighted by Crippen LogP contribution is 2.43. The van der Waals surface area contributed by atoms with Crippen molar-refractivity contribution in [2.24, 2.45) is 0 Å². The van der Waals surface area contributed by atoms with Gasteiger partial charge in [-0.2, -0.15) is 5.26 Å². The third kappa shape index (κ3) is 5.56. The molecule has 0 saturated carbocycles. The van der Waals surface area contributed by atoms with E-state index in [0.29, 0.717) is 33.8 Å². The van der Waals surface area contributed by atoms with Gasteiger partial charge in [0.05, 0.1) is 51.7 Å². The fourth-order valence-electron chi connectivity index (χ4n) is 8.17. The van der Waals surface area contributed by atoms with Gasteiger partial charge in [0.15, 0.2) is 5.69 Å². The van der Waals surface area contributed by atoms with Crippen LogP contribution in [0.5, 0.6) is 0 Å². The Hall–Kier alpha value is -8.32. The van der Waals surface area contributed by atoms with Gasteiger partial charge in [0, 0.05) is 16.3 Å². The summed E-state index contributed by atoms with van der Waals surface area (Å²) in [6.45, 7) is 7.43. The van der Waals surface area contributed by atoms with Gasteiger partial charge in [0.25, 0.3) is 11.8 Å². The molecule has 1 aliphatic heterocycles. The van der Waals surface area contributed by atoms with Crippen LogP contribution in [0.25, 0.3) is 76.8 Å². The van der Waals surface area contributed by atoms with Gasteiger partial charge < -0.3 is 4.57 Å². The Morgan fingerprint density at radius 1 is 0.466 bits per heavy atom. The molecule has 1 aliphatic rings. The number of benzene rings is 8. The summed E-state index contributed by atoms with van der Waals surface area (Å²) in [5.41, 5.74) is 12.1. The number of nitriles is 1. The lowest BCUT2D eigenvalue weighted by atomic mass is 9.97. The molecule has 1 aromatic heterocycles. The first-order valence-corrected chi connectivity index (χ1v) is 18.8. The van der Waals surface area contributed by atoms with Crippen LogP contribution in [-0.2, 0) is 0 Å². The molecule has 0 unspecified atom stereocenters. The lowest BCUT2D eigenvalue weighted by Crippen LogP contribution is -2.30. The quantitative estimate of drug-likeness (QED) is 0.126. The van der Waals surface area contributed by atoms with E-state index in [9.17, 15) is 10.1 Å². The maximum Gasteiger partial charge on any atom is 0.268 e. The first-order chi connectivity index (χ1) is 28.5. The Kier molecular flexibility index (Phi) is 8.11. The van der Waals surface area contributed by atoms with E-state index in [1.165, 1.54) is 4.90 Å². The second-order valence-electron chi connectivity index (χ2n) is 14.3. The molecule has 9 aromatic rings. The third-order valence-corrected chi connectivity index (χ3v) is 11.0. The van der Waals surface area contributed by atoms with Gasteiger partial charge in [-0.1, -0.05) is 133 Å². The van der Waals surface area contributed by atoms with Crippen molar-refractivity contribution in [1.82, 2.24) is 4.57 Å². The number of amides is 2. The Morgan fingerprint density at radius 3 is 1.60 bits per heavy atom.